The Morgan fingerprint density at radius 3 is 2.50 bits per heavy atom. The molecule has 0 bridgehead atoms. The van der Waals surface area contributed by atoms with Crippen LogP contribution in [0.25, 0.3) is 0 Å². The number of nitrogens with zero attached hydrogens (tertiary/aromatic N) is 1. The van der Waals surface area contributed by atoms with E-state index in [4.69, 9.17) is 0 Å². The van der Waals surface area contributed by atoms with E-state index in [2.05, 4.69) is 4.98 Å². The quantitative estimate of drug-likeness (QED) is 0.635. The fourth-order valence-corrected chi connectivity index (χ4v) is 1.68. The number of pyridine rings is 1. The van der Waals surface area contributed by atoms with Gasteiger partial charge in [-0.3, -0.25) is 9.78 Å². The summed E-state index contributed by atoms with van der Waals surface area (Å²) in [5, 5.41) is 0. The number of ketones is 1. The lowest BCUT2D eigenvalue weighted by molar-refractivity contribution is -0.137. The van der Waals surface area contributed by atoms with Gasteiger partial charge in [0.15, 0.2) is 5.78 Å². The molecule has 1 aromatic heterocycles. The SMILES string of the molecule is O=C(Cc1ccccn1)c1cc(C(F)(F)F)ccc1F. The number of halogens is 4. The highest BCUT2D eigenvalue weighted by Gasteiger charge is 2.31. The van der Waals surface area contributed by atoms with E-state index < -0.39 is 28.9 Å². The van der Waals surface area contributed by atoms with Crippen molar-refractivity contribution < 1.29 is 22.4 Å². The highest BCUT2D eigenvalue weighted by molar-refractivity contribution is 5.97. The van der Waals surface area contributed by atoms with Crippen LogP contribution in [0.15, 0.2) is 42.6 Å². The van der Waals surface area contributed by atoms with Crippen LogP contribution in [-0.4, -0.2) is 10.8 Å². The van der Waals surface area contributed by atoms with Crippen molar-refractivity contribution in [3.63, 3.8) is 0 Å². The molecule has 2 aromatic rings. The van der Waals surface area contributed by atoms with Crippen molar-refractivity contribution >= 4 is 5.78 Å². The first-order valence-corrected chi connectivity index (χ1v) is 5.68. The Bertz CT molecular complexity index is 623. The maximum Gasteiger partial charge on any atom is 0.416 e. The van der Waals surface area contributed by atoms with Gasteiger partial charge in [-0.25, -0.2) is 4.39 Å². The molecule has 0 spiro atoms. The smallest absolute Gasteiger partial charge is 0.294 e. The summed E-state index contributed by atoms with van der Waals surface area (Å²) < 4.78 is 51.1. The van der Waals surface area contributed by atoms with Crippen molar-refractivity contribution in [1.29, 1.82) is 0 Å². The molecule has 0 unspecified atom stereocenters. The third kappa shape index (κ3) is 3.20. The average Bonchev–Trinajstić information content (AvgIpc) is 2.39. The number of aromatic nitrogens is 1. The van der Waals surface area contributed by atoms with Crippen LogP contribution in [0.1, 0.15) is 21.6 Å². The van der Waals surface area contributed by atoms with Gasteiger partial charge in [-0.05, 0) is 30.3 Å². The summed E-state index contributed by atoms with van der Waals surface area (Å²) in [6.45, 7) is 0. The normalized spacial score (nSPS) is 11.4. The molecule has 0 amide bonds. The molecule has 0 atom stereocenters. The molecule has 0 aliphatic heterocycles. The Morgan fingerprint density at radius 2 is 1.90 bits per heavy atom. The fourth-order valence-electron chi connectivity index (χ4n) is 1.68. The number of alkyl halides is 3. The first kappa shape index (κ1) is 14.2. The standard InChI is InChI=1S/C14H9F4NO/c15-12-5-4-9(14(16,17)18)7-11(12)13(20)8-10-3-1-2-6-19-10/h1-7H,8H2. The van der Waals surface area contributed by atoms with E-state index in [0.29, 0.717) is 23.9 Å². The second-order valence-corrected chi connectivity index (χ2v) is 4.11. The van der Waals surface area contributed by atoms with E-state index in [1.54, 1.807) is 18.2 Å². The molecule has 104 valence electrons. The molecule has 1 aromatic carbocycles. The summed E-state index contributed by atoms with van der Waals surface area (Å²) in [5.41, 5.74) is -1.26. The van der Waals surface area contributed by atoms with Crippen LogP contribution in [0.4, 0.5) is 17.6 Å². The monoisotopic (exact) mass is 283 g/mol. The molecule has 0 saturated heterocycles. The number of hydrogen-bond donors (Lipinski definition) is 0. The Balaban J connectivity index is 2.30. The molecule has 1 heterocycles. The Kier molecular flexibility index (Phi) is 3.83. The van der Waals surface area contributed by atoms with Crippen molar-refractivity contribution in [1.82, 2.24) is 4.98 Å². The highest BCUT2D eigenvalue weighted by atomic mass is 19.4. The van der Waals surface area contributed by atoms with Crippen LogP contribution in [0.2, 0.25) is 0 Å². The van der Waals surface area contributed by atoms with Crippen molar-refractivity contribution in [3.8, 4) is 0 Å². The van der Waals surface area contributed by atoms with Gasteiger partial charge in [0.2, 0.25) is 0 Å². The predicted molar refractivity (Wildman–Crippen MR) is 63.7 cm³/mol. The lowest BCUT2D eigenvalue weighted by Crippen LogP contribution is -2.11. The molecule has 2 nitrogen and oxygen atoms in total. The lowest BCUT2D eigenvalue weighted by Gasteiger charge is -2.09. The van der Waals surface area contributed by atoms with Crippen molar-refractivity contribution in [3.05, 3.63) is 65.2 Å². The van der Waals surface area contributed by atoms with Crippen molar-refractivity contribution in [2.24, 2.45) is 0 Å². The van der Waals surface area contributed by atoms with E-state index >= 15 is 0 Å². The molecule has 0 aliphatic rings. The fraction of sp³-hybridized carbons (Fsp3) is 0.143. The number of hydrogen-bond acceptors (Lipinski definition) is 2. The molecular weight excluding hydrogens is 274 g/mol. The van der Waals surface area contributed by atoms with Crippen LogP contribution in [-0.2, 0) is 12.6 Å². The topological polar surface area (TPSA) is 30.0 Å². The van der Waals surface area contributed by atoms with Crippen LogP contribution < -0.4 is 0 Å². The van der Waals surface area contributed by atoms with Gasteiger partial charge < -0.3 is 0 Å². The van der Waals surface area contributed by atoms with Gasteiger partial charge in [0.1, 0.15) is 5.82 Å². The Labute approximate surface area is 112 Å². The molecule has 20 heavy (non-hydrogen) atoms. The molecule has 0 N–H and O–H groups in total. The van der Waals surface area contributed by atoms with Crippen LogP contribution >= 0.6 is 0 Å². The van der Waals surface area contributed by atoms with E-state index in [-0.39, 0.29) is 6.42 Å². The summed E-state index contributed by atoms with van der Waals surface area (Å²) in [5.74, 6) is -1.72. The van der Waals surface area contributed by atoms with Crippen LogP contribution in [0, 0.1) is 5.82 Å². The molecule has 0 saturated carbocycles. The van der Waals surface area contributed by atoms with Gasteiger partial charge in [0.25, 0.3) is 0 Å². The van der Waals surface area contributed by atoms with Crippen molar-refractivity contribution in [2.75, 3.05) is 0 Å². The average molecular weight is 283 g/mol. The zero-order valence-electron chi connectivity index (χ0n) is 10.1. The van der Waals surface area contributed by atoms with Gasteiger partial charge >= 0.3 is 6.18 Å². The minimum Gasteiger partial charge on any atom is -0.294 e. The summed E-state index contributed by atoms with van der Waals surface area (Å²) in [7, 11) is 0. The summed E-state index contributed by atoms with van der Waals surface area (Å²) in [6, 6.07) is 6.60. The number of benzene rings is 1. The molecule has 0 fully saturated rings. The van der Waals surface area contributed by atoms with Crippen molar-refractivity contribution in [2.45, 2.75) is 12.6 Å². The van der Waals surface area contributed by atoms with Gasteiger partial charge in [-0.15, -0.1) is 0 Å². The third-order valence-electron chi connectivity index (χ3n) is 2.66. The first-order chi connectivity index (χ1) is 9.38. The van der Waals surface area contributed by atoms with E-state index in [1.807, 2.05) is 0 Å². The zero-order chi connectivity index (χ0) is 14.8. The van der Waals surface area contributed by atoms with E-state index in [1.165, 1.54) is 6.20 Å². The van der Waals surface area contributed by atoms with E-state index in [9.17, 15) is 22.4 Å². The summed E-state index contributed by atoms with van der Waals surface area (Å²) in [4.78, 5) is 15.7. The first-order valence-electron chi connectivity index (χ1n) is 5.68. The van der Waals surface area contributed by atoms with E-state index in [0.717, 1.165) is 0 Å². The third-order valence-corrected chi connectivity index (χ3v) is 2.66. The molecular formula is C14H9F4NO. The Hall–Kier alpha value is -2.24. The maximum absolute atomic E-state index is 13.5. The molecule has 6 heteroatoms. The molecule has 0 aliphatic carbocycles. The van der Waals surface area contributed by atoms with Gasteiger partial charge in [0, 0.05) is 11.9 Å². The zero-order valence-corrected chi connectivity index (χ0v) is 10.1. The largest absolute Gasteiger partial charge is 0.416 e. The predicted octanol–water partition coefficient (Wildman–Crippen LogP) is 3.66. The minimum atomic E-state index is -4.62. The maximum atomic E-state index is 13.5. The van der Waals surface area contributed by atoms with Gasteiger partial charge in [-0.1, -0.05) is 6.07 Å². The summed E-state index contributed by atoms with van der Waals surface area (Å²) in [6.07, 6.45) is -3.42. The molecule has 0 radical (unpaired) electrons. The van der Waals surface area contributed by atoms with Crippen LogP contribution in [0.5, 0.6) is 0 Å². The van der Waals surface area contributed by atoms with Crippen LogP contribution in [0.3, 0.4) is 0 Å². The molecule has 2 rings (SSSR count). The minimum absolute atomic E-state index is 0.251. The summed E-state index contributed by atoms with van der Waals surface area (Å²) >= 11 is 0. The number of carbonyl (C=O) groups excluding carboxylic acids is 1. The number of Topliss-reactive ketones (excluding diaryl/α,β-unsaturated/α-hetero) is 1. The van der Waals surface area contributed by atoms with Gasteiger partial charge in [0.05, 0.1) is 17.5 Å². The number of carbonyl (C=O) groups is 1. The highest BCUT2D eigenvalue weighted by Crippen LogP contribution is 2.30. The lowest BCUT2D eigenvalue weighted by atomic mass is 10.0. The second-order valence-electron chi connectivity index (χ2n) is 4.11. The van der Waals surface area contributed by atoms with Gasteiger partial charge in [-0.2, -0.15) is 13.2 Å². The number of rotatable bonds is 3. The Morgan fingerprint density at radius 1 is 1.15 bits per heavy atom. The second kappa shape index (κ2) is 5.40.